The number of likely N-dealkylation sites (tertiary alicyclic amines) is 1. The van der Waals surface area contributed by atoms with Crippen molar-refractivity contribution in [1.29, 1.82) is 0 Å². The number of ether oxygens (including phenoxy) is 2. The van der Waals surface area contributed by atoms with Crippen molar-refractivity contribution in [3.05, 3.63) is 23.8 Å². The quantitative estimate of drug-likeness (QED) is 0.770. The van der Waals surface area contributed by atoms with E-state index in [1.165, 1.54) is 0 Å². The number of carbonyl (C=O) groups excluding carboxylic acids is 1. The Morgan fingerprint density at radius 3 is 2.72 bits per heavy atom. The average molecular weight is 350 g/mol. The van der Waals surface area contributed by atoms with E-state index in [1.807, 2.05) is 23.1 Å². The second kappa shape index (κ2) is 8.71. The summed E-state index contributed by atoms with van der Waals surface area (Å²) in [7, 11) is 4.98. The fourth-order valence-electron chi connectivity index (χ4n) is 3.17. The topological polar surface area (TPSA) is 79.3 Å². The molecule has 1 aromatic rings. The Balaban J connectivity index is 2.09. The molecule has 1 atom stereocenters. The third kappa shape index (κ3) is 4.85. The number of carbonyl (C=O) groups is 2. The summed E-state index contributed by atoms with van der Waals surface area (Å²) in [6.45, 7) is 1.26. The number of nitrogens with zero attached hydrogens (tertiary/aromatic N) is 2. The second-order valence-electron chi connectivity index (χ2n) is 6.23. The van der Waals surface area contributed by atoms with Gasteiger partial charge in [-0.1, -0.05) is 0 Å². The largest absolute Gasteiger partial charge is 0.497 e. The number of carboxylic acid groups (broad SMARTS) is 1. The van der Waals surface area contributed by atoms with Crippen molar-refractivity contribution >= 4 is 11.9 Å². The van der Waals surface area contributed by atoms with Crippen molar-refractivity contribution in [2.75, 3.05) is 40.9 Å². The van der Waals surface area contributed by atoms with Crippen LogP contribution in [0.3, 0.4) is 0 Å². The van der Waals surface area contributed by atoms with Crippen LogP contribution in [0.25, 0.3) is 0 Å². The van der Waals surface area contributed by atoms with Gasteiger partial charge in [0.25, 0.3) is 0 Å². The van der Waals surface area contributed by atoms with Gasteiger partial charge >= 0.3 is 5.97 Å². The van der Waals surface area contributed by atoms with Gasteiger partial charge in [0, 0.05) is 24.7 Å². The zero-order valence-corrected chi connectivity index (χ0v) is 15.0. The molecule has 1 fully saturated rings. The number of likely N-dealkylation sites (N-methyl/N-ethyl adjacent to an activating group) is 1. The van der Waals surface area contributed by atoms with Gasteiger partial charge in [-0.3, -0.25) is 14.5 Å². The molecule has 25 heavy (non-hydrogen) atoms. The summed E-state index contributed by atoms with van der Waals surface area (Å²) < 4.78 is 10.7. The summed E-state index contributed by atoms with van der Waals surface area (Å²) >= 11 is 0. The summed E-state index contributed by atoms with van der Waals surface area (Å²) in [5, 5.41) is 8.75. The highest BCUT2D eigenvalue weighted by molar-refractivity contribution is 5.79. The standard InChI is InChI=1S/C18H26N2O5/c1-19(10-8-18(22)23)12-17(21)20-9-4-5-15(20)14-7-6-13(24-2)11-16(14)25-3/h6-7,11,15H,4-5,8-10,12H2,1-3H3,(H,22,23). The first-order valence-corrected chi connectivity index (χ1v) is 8.38. The molecule has 0 aromatic heterocycles. The molecule has 1 aliphatic rings. The predicted octanol–water partition coefficient (Wildman–Crippen LogP) is 1.77. The van der Waals surface area contributed by atoms with Crippen LogP contribution in [0.2, 0.25) is 0 Å². The molecular formula is C18H26N2O5. The summed E-state index contributed by atoms with van der Waals surface area (Å²) in [6, 6.07) is 5.62. The van der Waals surface area contributed by atoms with E-state index >= 15 is 0 Å². The molecule has 1 aliphatic heterocycles. The van der Waals surface area contributed by atoms with Gasteiger partial charge in [0.05, 0.1) is 33.2 Å². The normalized spacial score (nSPS) is 17.0. The molecule has 7 heteroatoms. The third-order valence-electron chi connectivity index (χ3n) is 4.49. The van der Waals surface area contributed by atoms with E-state index in [0.717, 1.165) is 18.4 Å². The van der Waals surface area contributed by atoms with Crippen molar-refractivity contribution < 1.29 is 24.2 Å². The van der Waals surface area contributed by atoms with Crippen LogP contribution in [0.5, 0.6) is 11.5 Å². The fraction of sp³-hybridized carbons (Fsp3) is 0.556. The minimum atomic E-state index is -0.860. The Morgan fingerprint density at radius 2 is 2.08 bits per heavy atom. The van der Waals surface area contributed by atoms with E-state index in [4.69, 9.17) is 14.6 Å². The van der Waals surface area contributed by atoms with Gasteiger partial charge in [-0.25, -0.2) is 0 Å². The lowest BCUT2D eigenvalue weighted by Crippen LogP contribution is -2.39. The first-order valence-electron chi connectivity index (χ1n) is 8.38. The number of amides is 1. The highest BCUT2D eigenvalue weighted by Crippen LogP contribution is 2.38. The first kappa shape index (κ1) is 19.1. The van der Waals surface area contributed by atoms with Crippen LogP contribution >= 0.6 is 0 Å². The zero-order valence-electron chi connectivity index (χ0n) is 15.0. The monoisotopic (exact) mass is 350 g/mol. The highest BCUT2D eigenvalue weighted by Gasteiger charge is 2.32. The van der Waals surface area contributed by atoms with Gasteiger partial charge in [-0.05, 0) is 32.0 Å². The number of hydrogen-bond donors (Lipinski definition) is 1. The van der Waals surface area contributed by atoms with Gasteiger partial charge in [0.15, 0.2) is 0 Å². The number of hydrogen-bond acceptors (Lipinski definition) is 5. The van der Waals surface area contributed by atoms with Crippen LogP contribution in [0, 0.1) is 0 Å². The van der Waals surface area contributed by atoms with Gasteiger partial charge in [-0.15, -0.1) is 0 Å². The highest BCUT2D eigenvalue weighted by atomic mass is 16.5. The maximum atomic E-state index is 12.7. The Morgan fingerprint density at radius 1 is 1.32 bits per heavy atom. The summed E-state index contributed by atoms with van der Waals surface area (Å²) in [5.74, 6) is 0.572. The molecule has 2 rings (SSSR count). The molecule has 1 aromatic carbocycles. The zero-order chi connectivity index (χ0) is 18.4. The number of benzene rings is 1. The number of aliphatic carboxylic acids is 1. The number of methoxy groups -OCH3 is 2. The van der Waals surface area contributed by atoms with Crippen molar-refractivity contribution in [3.8, 4) is 11.5 Å². The molecule has 138 valence electrons. The van der Waals surface area contributed by atoms with Crippen LogP contribution in [0.15, 0.2) is 18.2 Å². The molecule has 7 nitrogen and oxygen atoms in total. The molecular weight excluding hydrogens is 324 g/mol. The fourth-order valence-corrected chi connectivity index (χ4v) is 3.17. The average Bonchev–Trinajstić information content (AvgIpc) is 3.08. The third-order valence-corrected chi connectivity index (χ3v) is 4.49. The van der Waals surface area contributed by atoms with Crippen molar-refractivity contribution in [1.82, 2.24) is 9.80 Å². The lowest BCUT2D eigenvalue weighted by atomic mass is 10.0. The minimum absolute atomic E-state index is 0.00765. The molecule has 0 saturated carbocycles. The Labute approximate surface area is 148 Å². The molecule has 1 heterocycles. The van der Waals surface area contributed by atoms with Crippen molar-refractivity contribution in [2.24, 2.45) is 0 Å². The molecule has 0 aliphatic carbocycles. The van der Waals surface area contributed by atoms with Gasteiger partial charge in [0.1, 0.15) is 11.5 Å². The van der Waals surface area contributed by atoms with Crippen LogP contribution in [-0.2, 0) is 9.59 Å². The Hall–Kier alpha value is -2.28. The molecule has 1 saturated heterocycles. The van der Waals surface area contributed by atoms with Gasteiger partial charge < -0.3 is 19.5 Å². The van der Waals surface area contributed by atoms with Crippen molar-refractivity contribution in [3.63, 3.8) is 0 Å². The van der Waals surface area contributed by atoms with Crippen LogP contribution < -0.4 is 9.47 Å². The van der Waals surface area contributed by atoms with Gasteiger partial charge in [0.2, 0.25) is 5.91 Å². The van der Waals surface area contributed by atoms with E-state index in [-0.39, 0.29) is 24.9 Å². The molecule has 1 amide bonds. The molecule has 0 radical (unpaired) electrons. The van der Waals surface area contributed by atoms with E-state index in [1.54, 1.807) is 26.2 Å². The molecule has 1 unspecified atom stereocenters. The van der Waals surface area contributed by atoms with E-state index in [2.05, 4.69) is 0 Å². The smallest absolute Gasteiger partial charge is 0.304 e. The van der Waals surface area contributed by atoms with E-state index in [9.17, 15) is 9.59 Å². The number of rotatable bonds is 8. The lowest BCUT2D eigenvalue weighted by molar-refractivity contribution is -0.138. The second-order valence-corrected chi connectivity index (χ2v) is 6.23. The Kier molecular flexibility index (Phi) is 6.64. The maximum Gasteiger partial charge on any atom is 0.304 e. The van der Waals surface area contributed by atoms with E-state index in [0.29, 0.717) is 24.6 Å². The summed E-state index contributed by atoms with van der Waals surface area (Å²) in [6.07, 6.45) is 1.84. The van der Waals surface area contributed by atoms with Crippen molar-refractivity contribution in [2.45, 2.75) is 25.3 Å². The van der Waals surface area contributed by atoms with Crippen LogP contribution in [-0.4, -0.2) is 67.7 Å². The molecule has 0 spiro atoms. The van der Waals surface area contributed by atoms with Crippen LogP contribution in [0.4, 0.5) is 0 Å². The van der Waals surface area contributed by atoms with Gasteiger partial charge in [-0.2, -0.15) is 0 Å². The van der Waals surface area contributed by atoms with E-state index < -0.39 is 5.97 Å². The SMILES string of the molecule is COc1ccc(C2CCCN2C(=O)CN(C)CCC(=O)O)c(OC)c1. The summed E-state index contributed by atoms with van der Waals surface area (Å²) in [4.78, 5) is 26.9. The molecule has 0 bridgehead atoms. The lowest BCUT2D eigenvalue weighted by Gasteiger charge is -2.28. The van der Waals surface area contributed by atoms with Crippen LogP contribution in [0.1, 0.15) is 30.9 Å². The summed E-state index contributed by atoms with van der Waals surface area (Å²) in [5.41, 5.74) is 0.974. The first-order chi connectivity index (χ1) is 12.0. The Bertz CT molecular complexity index is 619. The predicted molar refractivity (Wildman–Crippen MR) is 93.0 cm³/mol. The molecule has 1 N–H and O–H groups in total. The number of carboxylic acids is 1. The minimum Gasteiger partial charge on any atom is -0.497 e. The maximum absolute atomic E-state index is 12.7.